The van der Waals surface area contributed by atoms with E-state index in [0.717, 1.165) is 34.7 Å². The molecule has 6 heteroatoms. The first kappa shape index (κ1) is 14.9. The Hall–Kier alpha value is -2.63. The van der Waals surface area contributed by atoms with Crippen molar-refractivity contribution < 1.29 is 9.59 Å². The van der Waals surface area contributed by atoms with Crippen LogP contribution >= 0.6 is 0 Å². The maximum atomic E-state index is 12.4. The van der Waals surface area contributed by atoms with Crippen LogP contribution in [0, 0.1) is 5.92 Å². The molecule has 1 aliphatic heterocycles. The van der Waals surface area contributed by atoms with Gasteiger partial charge in [-0.05, 0) is 30.9 Å². The standard InChI is InChI=1S/C18H20N4O2/c1-11(23)19-14-4-2-3-13(7-14)18-15-8-17(24)22(9-12-5-6-12)10-16(15)20-21-18/h2-4,7,12H,5-6,8-10H2,1H3,(H,19,23)(H,20,21). The summed E-state index contributed by atoms with van der Waals surface area (Å²) in [5.74, 6) is 0.754. The molecule has 0 atom stereocenters. The molecule has 24 heavy (non-hydrogen) atoms. The normalized spacial score (nSPS) is 16.9. The van der Waals surface area contributed by atoms with Gasteiger partial charge in [0.2, 0.25) is 11.8 Å². The molecule has 2 aliphatic rings. The van der Waals surface area contributed by atoms with Crippen LogP contribution < -0.4 is 5.32 Å². The Balaban J connectivity index is 1.61. The molecule has 4 rings (SSSR count). The molecule has 0 unspecified atom stereocenters. The van der Waals surface area contributed by atoms with Gasteiger partial charge in [-0.2, -0.15) is 5.10 Å². The van der Waals surface area contributed by atoms with Crippen LogP contribution in [0.15, 0.2) is 24.3 Å². The van der Waals surface area contributed by atoms with Crippen molar-refractivity contribution in [1.29, 1.82) is 0 Å². The van der Waals surface area contributed by atoms with Crippen LogP contribution in [0.1, 0.15) is 31.0 Å². The number of rotatable bonds is 4. The van der Waals surface area contributed by atoms with Crippen LogP contribution in [0.2, 0.25) is 0 Å². The Morgan fingerprint density at radius 3 is 3.00 bits per heavy atom. The first-order valence-corrected chi connectivity index (χ1v) is 8.32. The fourth-order valence-electron chi connectivity index (χ4n) is 3.23. The number of nitrogens with zero attached hydrogens (tertiary/aromatic N) is 2. The second kappa shape index (κ2) is 5.78. The molecule has 1 aliphatic carbocycles. The monoisotopic (exact) mass is 324 g/mol. The molecule has 1 aromatic heterocycles. The average molecular weight is 324 g/mol. The third-order valence-corrected chi connectivity index (χ3v) is 4.61. The van der Waals surface area contributed by atoms with Crippen molar-refractivity contribution in [2.75, 3.05) is 11.9 Å². The van der Waals surface area contributed by atoms with Crippen molar-refractivity contribution in [1.82, 2.24) is 15.1 Å². The zero-order valence-corrected chi connectivity index (χ0v) is 13.6. The number of hydrogen-bond donors (Lipinski definition) is 2. The smallest absolute Gasteiger partial charge is 0.227 e. The number of aromatic nitrogens is 2. The third-order valence-electron chi connectivity index (χ3n) is 4.61. The highest BCUT2D eigenvalue weighted by Gasteiger charge is 2.32. The lowest BCUT2D eigenvalue weighted by atomic mass is 9.99. The summed E-state index contributed by atoms with van der Waals surface area (Å²) in [7, 11) is 0. The Kier molecular flexibility index (Phi) is 3.59. The van der Waals surface area contributed by atoms with Crippen LogP contribution in [0.3, 0.4) is 0 Å². The zero-order valence-electron chi connectivity index (χ0n) is 13.6. The van der Waals surface area contributed by atoms with Crippen molar-refractivity contribution in [3.63, 3.8) is 0 Å². The van der Waals surface area contributed by atoms with Gasteiger partial charge in [0.1, 0.15) is 0 Å². The number of anilines is 1. The molecule has 1 fully saturated rings. The molecule has 1 saturated carbocycles. The minimum Gasteiger partial charge on any atom is -0.336 e. The van der Waals surface area contributed by atoms with Crippen LogP contribution in [-0.4, -0.2) is 33.5 Å². The Bertz CT molecular complexity index is 807. The van der Waals surface area contributed by atoms with E-state index in [4.69, 9.17) is 0 Å². The van der Waals surface area contributed by atoms with Crippen molar-refractivity contribution in [2.24, 2.45) is 5.92 Å². The van der Waals surface area contributed by atoms with Gasteiger partial charge in [-0.15, -0.1) is 0 Å². The molecule has 2 N–H and O–H groups in total. The molecule has 6 nitrogen and oxygen atoms in total. The van der Waals surface area contributed by atoms with E-state index in [9.17, 15) is 9.59 Å². The number of carbonyl (C=O) groups excluding carboxylic acids is 2. The average Bonchev–Trinajstić information content (AvgIpc) is 3.26. The number of carbonyl (C=O) groups is 2. The first-order chi connectivity index (χ1) is 11.6. The molecular weight excluding hydrogens is 304 g/mol. The predicted molar refractivity (Wildman–Crippen MR) is 90.2 cm³/mol. The van der Waals surface area contributed by atoms with Crippen molar-refractivity contribution in [2.45, 2.75) is 32.7 Å². The van der Waals surface area contributed by atoms with Gasteiger partial charge in [-0.1, -0.05) is 12.1 Å². The molecule has 0 spiro atoms. The van der Waals surface area contributed by atoms with Gasteiger partial charge in [0, 0.05) is 30.3 Å². The summed E-state index contributed by atoms with van der Waals surface area (Å²) in [5.41, 5.74) is 4.44. The summed E-state index contributed by atoms with van der Waals surface area (Å²) in [6.45, 7) is 2.96. The lowest BCUT2D eigenvalue weighted by molar-refractivity contribution is -0.132. The van der Waals surface area contributed by atoms with Crippen LogP contribution in [0.4, 0.5) is 5.69 Å². The second-order valence-corrected chi connectivity index (χ2v) is 6.69. The number of benzene rings is 1. The maximum Gasteiger partial charge on any atom is 0.227 e. The third kappa shape index (κ3) is 2.91. The quantitative estimate of drug-likeness (QED) is 0.906. The van der Waals surface area contributed by atoms with Gasteiger partial charge in [-0.25, -0.2) is 0 Å². The van der Waals surface area contributed by atoms with E-state index in [1.165, 1.54) is 19.8 Å². The summed E-state index contributed by atoms with van der Waals surface area (Å²) in [6.07, 6.45) is 2.86. The number of amides is 2. The summed E-state index contributed by atoms with van der Waals surface area (Å²) >= 11 is 0. The van der Waals surface area contributed by atoms with Gasteiger partial charge in [0.15, 0.2) is 0 Å². The molecule has 2 heterocycles. The number of hydrogen-bond acceptors (Lipinski definition) is 3. The van der Waals surface area contributed by atoms with E-state index in [1.54, 1.807) is 0 Å². The lowest BCUT2D eigenvalue weighted by Crippen LogP contribution is -2.37. The molecule has 2 aromatic rings. The summed E-state index contributed by atoms with van der Waals surface area (Å²) < 4.78 is 0. The van der Waals surface area contributed by atoms with Crippen LogP contribution in [0.25, 0.3) is 11.3 Å². The topological polar surface area (TPSA) is 78.1 Å². The molecular formula is C18H20N4O2. The summed E-state index contributed by atoms with van der Waals surface area (Å²) in [6, 6.07) is 7.56. The number of aromatic amines is 1. The van der Waals surface area contributed by atoms with Crippen LogP contribution in [-0.2, 0) is 22.6 Å². The molecule has 124 valence electrons. The van der Waals surface area contributed by atoms with Crippen LogP contribution in [0.5, 0.6) is 0 Å². The van der Waals surface area contributed by atoms with Gasteiger partial charge in [0.05, 0.1) is 24.4 Å². The highest BCUT2D eigenvalue weighted by atomic mass is 16.2. The fourth-order valence-corrected chi connectivity index (χ4v) is 3.23. The Labute approximate surface area is 140 Å². The fraction of sp³-hybridized carbons (Fsp3) is 0.389. The van der Waals surface area contributed by atoms with Crippen molar-refractivity contribution in [3.05, 3.63) is 35.5 Å². The minimum absolute atomic E-state index is 0.109. The highest BCUT2D eigenvalue weighted by Crippen LogP contribution is 2.34. The number of H-pyrrole nitrogens is 1. The van der Waals surface area contributed by atoms with E-state index in [-0.39, 0.29) is 11.8 Å². The molecule has 1 aromatic carbocycles. The predicted octanol–water partition coefficient (Wildman–Crippen LogP) is 2.33. The number of nitrogens with one attached hydrogen (secondary N) is 2. The van der Waals surface area contributed by atoms with E-state index in [2.05, 4.69) is 15.5 Å². The molecule has 0 bridgehead atoms. The molecule has 0 radical (unpaired) electrons. The summed E-state index contributed by atoms with van der Waals surface area (Å²) in [4.78, 5) is 25.6. The van der Waals surface area contributed by atoms with Crippen molar-refractivity contribution >= 4 is 17.5 Å². The maximum absolute atomic E-state index is 12.4. The van der Waals surface area contributed by atoms with Gasteiger partial charge >= 0.3 is 0 Å². The van der Waals surface area contributed by atoms with E-state index >= 15 is 0 Å². The largest absolute Gasteiger partial charge is 0.336 e. The molecule has 0 saturated heterocycles. The molecule has 2 amide bonds. The highest BCUT2D eigenvalue weighted by molar-refractivity contribution is 5.90. The zero-order chi connectivity index (χ0) is 16.7. The van der Waals surface area contributed by atoms with E-state index < -0.39 is 0 Å². The summed E-state index contributed by atoms with van der Waals surface area (Å²) in [5, 5.41) is 10.3. The lowest BCUT2D eigenvalue weighted by Gasteiger charge is -2.26. The first-order valence-electron chi connectivity index (χ1n) is 8.32. The van der Waals surface area contributed by atoms with Gasteiger partial charge < -0.3 is 10.2 Å². The Morgan fingerprint density at radius 1 is 1.42 bits per heavy atom. The van der Waals surface area contributed by atoms with E-state index in [1.807, 2.05) is 29.2 Å². The Morgan fingerprint density at radius 2 is 2.25 bits per heavy atom. The minimum atomic E-state index is -0.109. The SMILES string of the molecule is CC(=O)Nc1cccc(-c2n[nH]c3c2CC(=O)N(CC2CC2)C3)c1. The van der Waals surface area contributed by atoms with Gasteiger partial charge in [0.25, 0.3) is 0 Å². The van der Waals surface area contributed by atoms with Gasteiger partial charge in [-0.3, -0.25) is 14.7 Å². The van der Waals surface area contributed by atoms with Crippen molar-refractivity contribution in [3.8, 4) is 11.3 Å². The number of fused-ring (bicyclic) bond motifs is 1. The van der Waals surface area contributed by atoms with E-state index in [0.29, 0.717) is 18.9 Å². The second-order valence-electron chi connectivity index (χ2n) is 6.69.